The van der Waals surface area contributed by atoms with Gasteiger partial charge < -0.3 is 30.5 Å². The van der Waals surface area contributed by atoms with E-state index in [1.165, 1.54) is 12.0 Å². The van der Waals surface area contributed by atoms with E-state index in [2.05, 4.69) is 5.32 Å². The van der Waals surface area contributed by atoms with Gasteiger partial charge in [-0.2, -0.15) is 4.31 Å². The van der Waals surface area contributed by atoms with Crippen molar-refractivity contribution in [2.75, 3.05) is 92.0 Å². The van der Waals surface area contributed by atoms with Crippen molar-refractivity contribution in [3.8, 4) is 0 Å². The number of rotatable bonds is 14. The number of carboxylic acid groups (broad SMARTS) is 3. The van der Waals surface area contributed by atoms with Gasteiger partial charge in [0.05, 0.1) is 38.7 Å². The summed E-state index contributed by atoms with van der Waals surface area (Å²) in [5.74, 6) is -3.32. The maximum atomic E-state index is 12.9. The first-order valence-corrected chi connectivity index (χ1v) is 13.9. The molecule has 37 heavy (non-hydrogen) atoms. The number of nitrogens with one attached hydrogen (secondary N) is 1. The standard InChI is InChI=1S/C21H41N5O10S/c1-36-13-11-26(37(2,34)35)21-17(4-3-12-27)22-5-6-23(14-18(28)29)7-8-24(15-19(30)31)9-10-25(21)16-20(32)33/h17,21-22,27H,3-16H2,1-2H3,(H,28,29)(H,30,31)(H,32,33). The van der Waals surface area contributed by atoms with Gasteiger partial charge in [0.2, 0.25) is 10.0 Å². The number of ether oxygens (including phenoxy) is 1. The molecule has 1 saturated heterocycles. The molecule has 0 spiro atoms. The number of hydrogen-bond acceptors (Lipinski definition) is 11. The molecule has 15 nitrogen and oxygen atoms in total. The average molecular weight is 556 g/mol. The number of aliphatic hydroxyl groups is 1. The van der Waals surface area contributed by atoms with E-state index >= 15 is 0 Å². The fraction of sp³-hybridized carbons (Fsp3) is 0.857. The minimum Gasteiger partial charge on any atom is -0.480 e. The van der Waals surface area contributed by atoms with Gasteiger partial charge in [0.25, 0.3) is 0 Å². The molecule has 0 aromatic rings. The molecule has 0 amide bonds. The zero-order chi connectivity index (χ0) is 28.0. The van der Waals surface area contributed by atoms with E-state index in [4.69, 9.17) is 4.74 Å². The average Bonchev–Trinajstić information content (AvgIpc) is 2.77. The smallest absolute Gasteiger partial charge is 0.317 e. The predicted octanol–water partition coefficient (Wildman–Crippen LogP) is -2.88. The van der Waals surface area contributed by atoms with Crippen molar-refractivity contribution in [1.29, 1.82) is 0 Å². The van der Waals surface area contributed by atoms with Crippen LogP contribution in [0, 0.1) is 0 Å². The number of aliphatic hydroxyl groups excluding tert-OH is 1. The number of hydrogen-bond donors (Lipinski definition) is 5. The van der Waals surface area contributed by atoms with E-state index in [0.29, 0.717) is 12.8 Å². The van der Waals surface area contributed by atoms with E-state index in [0.717, 1.165) is 10.6 Å². The lowest BCUT2D eigenvalue weighted by atomic mass is 10.1. The SMILES string of the molecule is COCCN(C1C(CCCO)NCCN(CC(=O)O)CCN(CC(=O)O)CCN1CC(=O)O)S(C)(=O)=O. The van der Waals surface area contributed by atoms with Crippen molar-refractivity contribution in [2.45, 2.75) is 25.0 Å². The van der Waals surface area contributed by atoms with Gasteiger partial charge >= 0.3 is 17.9 Å². The van der Waals surface area contributed by atoms with Crippen LogP contribution in [0.3, 0.4) is 0 Å². The van der Waals surface area contributed by atoms with Crippen LogP contribution in [0.5, 0.6) is 0 Å². The van der Waals surface area contributed by atoms with Crippen molar-refractivity contribution in [1.82, 2.24) is 24.3 Å². The molecule has 0 aliphatic carbocycles. The van der Waals surface area contributed by atoms with Crippen LogP contribution in [-0.2, 0) is 29.1 Å². The molecule has 0 aromatic carbocycles. The predicted molar refractivity (Wildman–Crippen MR) is 133 cm³/mol. The minimum atomic E-state index is -3.87. The van der Waals surface area contributed by atoms with Crippen LogP contribution in [0.4, 0.5) is 0 Å². The Bertz CT molecular complexity index is 831. The van der Waals surface area contributed by atoms with Gasteiger partial charge in [-0.3, -0.25) is 29.1 Å². The van der Waals surface area contributed by atoms with Gasteiger partial charge in [0.15, 0.2) is 0 Å². The third-order valence-electron chi connectivity index (χ3n) is 5.97. The maximum absolute atomic E-state index is 12.9. The fourth-order valence-corrected chi connectivity index (χ4v) is 5.42. The van der Waals surface area contributed by atoms with Crippen LogP contribution in [0.2, 0.25) is 0 Å². The van der Waals surface area contributed by atoms with E-state index in [1.807, 2.05) is 0 Å². The highest BCUT2D eigenvalue weighted by Crippen LogP contribution is 2.19. The molecular weight excluding hydrogens is 514 g/mol. The largest absolute Gasteiger partial charge is 0.480 e. The van der Waals surface area contributed by atoms with Gasteiger partial charge in [-0.25, -0.2) is 8.42 Å². The van der Waals surface area contributed by atoms with Gasteiger partial charge in [-0.05, 0) is 12.8 Å². The Morgan fingerprint density at radius 1 is 0.946 bits per heavy atom. The number of aliphatic carboxylic acids is 3. The van der Waals surface area contributed by atoms with Crippen molar-refractivity contribution in [3.05, 3.63) is 0 Å². The Morgan fingerprint density at radius 3 is 1.97 bits per heavy atom. The Balaban J connectivity index is 3.54. The lowest BCUT2D eigenvalue weighted by Gasteiger charge is -2.43. The normalized spacial score (nSPS) is 21.8. The molecule has 1 rings (SSSR count). The Hall–Kier alpha value is -1.92. The highest BCUT2D eigenvalue weighted by Gasteiger charge is 2.38. The highest BCUT2D eigenvalue weighted by atomic mass is 32.2. The van der Waals surface area contributed by atoms with Crippen molar-refractivity contribution in [3.63, 3.8) is 0 Å². The van der Waals surface area contributed by atoms with E-state index < -0.39 is 46.7 Å². The minimum absolute atomic E-state index is 0.0273. The first-order chi connectivity index (χ1) is 17.4. The molecule has 1 fully saturated rings. The number of methoxy groups -OCH3 is 1. The van der Waals surface area contributed by atoms with Crippen molar-refractivity contribution >= 4 is 27.9 Å². The molecule has 1 aliphatic rings. The molecule has 16 heteroatoms. The maximum Gasteiger partial charge on any atom is 0.317 e. The summed E-state index contributed by atoms with van der Waals surface area (Å²) >= 11 is 0. The van der Waals surface area contributed by atoms with Crippen LogP contribution in [0.15, 0.2) is 0 Å². The van der Waals surface area contributed by atoms with Gasteiger partial charge in [-0.1, -0.05) is 0 Å². The zero-order valence-corrected chi connectivity index (χ0v) is 22.3. The van der Waals surface area contributed by atoms with Crippen LogP contribution in [0.1, 0.15) is 12.8 Å². The third-order valence-corrected chi connectivity index (χ3v) is 7.22. The number of carboxylic acids is 3. The second kappa shape index (κ2) is 16.8. The van der Waals surface area contributed by atoms with Crippen molar-refractivity contribution < 1.29 is 48.0 Å². The number of carbonyl (C=O) groups is 3. The molecule has 216 valence electrons. The summed E-state index contributed by atoms with van der Waals surface area (Å²) < 4.78 is 32.1. The summed E-state index contributed by atoms with van der Waals surface area (Å²) in [6.45, 7) is -0.151. The van der Waals surface area contributed by atoms with Crippen molar-refractivity contribution in [2.24, 2.45) is 0 Å². The molecule has 1 aliphatic heterocycles. The summed E-state index contributed by atoms with van der Waals surface area (Å²) in [6.07, 6.45) is 0.632. The third kappa shape index (κ3) is 12.9. The molecule has 2 atom stereocenters. The van der Waals surface area contributed by atoms with Crippen LogP contribution in [-0.4, -0.2) is 170 Å². The van der Waals surface area contributed by atoms with E-state index in [9.17, 15) is 43.2 Å². The quantitative estimate of drug-likeness (QED) is 0.146. The molecule has 5 N–H and O–H groups in total. The summed E-state index contributed by atoms with van der Waals surface area (Å²) in [4.78, 5) is 39.4. The lowest BCUT2D eigenvalue weighted by Crippen LogP contribution is -2.63. The molecule has 0 aromatic heterocycles. The second-order valence-corrected chi connectivity index (χ2v) is 10.8. The fourth-order valence-electron chi connectivity index (χ4n) is 4.34. The monoisotopic (exact) mass is 555 g/mol. The van der Waals surface area contributed by atoms with Crippen LogP contribution < -0.4 is 5.32 Å². The Morgan fingerprint density at radius 2 is 1.49 bits per heavy atom. The summed E-state index contributed by atoms with van der Waals surface area (Å²) in [6, 6.07) is -0.628. The lowest BCUT2D eigenvalue weighted by molar-refractivity contribution is -0.141. The highest BCUT2D eigenvalue weighted by molar-refractivity contribution is 7.88. The number of sulfonamides is 1. The van der Waals surface area contributed by atoms with E-state index in [1.54, 1.807) is 9.80 Å². The molecule has 1 heterocycles. The molecular formula is C21H41N5O10S. The first-order valence-electron chi connectivity index (χ1n) is 12.0. The molecule has 2 unspecified atom stereocenters. The summed E-state index contributed by atoms with van der Waals surface area (Å²) in [5, 5.41) is 41.1. The Kier molecular flexibility index (Phi) is 15.1. The van der Waals surface area contributed by atoms with Crippen LogP contribution in [0.25, 0.3) is 0 Å². The van der Waals surface area contributed by atoms with Gasteiger partial charge in [-0.15, -0.1) is 0 Å². The van der Waals surface area contributed by atoms with Gasteiger partial charge in [0.1, 0.15) is 0 Å². The van der Waals surface area contributed by atoms with E-state index in [-0.39, 0.29) is 72.1 Å². The second-order valence-electron chi connectivity index (χ2n) is 8.91. The topological polar surface area (TPSA) is 200 Å². The molecule has 0 saturated carbocycles. The van der Waals surface area contributed by atoms with Gasteiger partial charge in [0, 0.05) is 65.6 Å². The molecule has 0 bridgehead atoms. The molecule has 0 radical (unpaired) electrons. The van der Waals surface area contributed by atoms with Crippen LogP contribution >= 0.6 is 0 Å². The summed E-state index contributed by atoms with van der Waals surface area (Å²) in [7, 11) is -2.45. The zero-order valence-electron chi connectivity index (χ0n) is 21.5. The number of nitrogens with zero attached hydrogens (tertiary/aromatic N) is 4. The Labute approximate surface area is 217 Å². The summed E-state index contributed by atoms with van der Waals surface area (Å²) in [5.41, 5.74) is 0. The first kappa shape index (κ1) is 33.1.